The van der Waals surface area contributed by atoms with Gasteiger partial charge in [-0.1, -0.05) is 36.4 Å². The molecule has 6 nitrogen and oxygen atoms in total. The molecular formula is C25H26N4O2. The third-order valence-corrected chi connectivity index (χ3v) is 5.22. The molecule has 0 spiro atoms. The van der Waals surface area contributed by atoms with E-state index in [9.17, 15) is 4.79 Å². The Labute approximate surface area is 182 Å². The maximum Gasteiger partial charge on any atom is 0.272 e. The second kappa shape index (κ2) is 9.43. The van der Waals surface area contributed by atoms with Crippen molar-refractivity contribution in [2.75, 3.05) is 13.7 Å². The molecule has 0 unspecified atom stereocenters. The average molecular weight is 415 g/mol. The lowest BCUT2D eigenvalue weighted by atomic mass is 10.2. The molecule has 0 saturated heterocycles. The Balaban J connectivity index is 1.48. The van der Waals surface area contributed by atoms with Crippen molar-refractivity contribution in [1.82, 2.24) is 19.4 Å². The van der Waals surface area contributed by atoms with Gasteiger partial charge in [-0.05, 0) is 49.2 Å². The van der Waals surface area contributed by atoms with Crippen LogP contribution < -0.4 is 4.74 Å². The van der Waals surface area contributed by atoms with Crippen molar-refractivity contribution in [3.05, 3.63) is 90.0 Å². The van der Waals surface area contributed by atoms with Gasteiger partial charge in [-0.15, -0.1) is 0 Å². The average Bonchev–Trinajstić information content (AvgIpc) is 3.14. The van der Waals surface area contributed by atoms with Crippen molar-refractivity contribution in [2.45, 2.75) is 26.4 Å². The number of hydrogen-bond donors (Lipinski definition) is 0. The molecule has 0 radical (unpaired) electrons. The number of nitrogens with zero attached hydrogens (tertiary/aromatic N) is 4. The second-order valence-corrected chi connectivity index (χ2v) is 7.51. The van der Waals surface area contributed by atoms with Gasteiger partial charge in [0.1, 0.15) is 17.3 Å². The van der Waals surface area contributed by atoms with Gasteiger partial charge in [0, 0.05) is 19.8 Å². The summed E-state index contributed by atoms with van der Waals surface area (Å²) in [6.07, 6.45) is 2.46. The van der Waals surface area contributed by atoms with Crippen LogP contribution in [-0.2, 0) is 13.1 Å². The zero-order valence-electron chi connectivity index (χ0n) is 17.9. The van der Waals surface area contributed by atoms with E-state index in [1.807, 2.05) is 55.5 Å². The maximum absolute atomic E-state index is 12.7. The van der Waals surface area contributed by atoms with Crippen LogP contribution in [0.25, 0.3) is 11.0 Å². The minimum atomic E-state index is -0.123. The number of fused-ring (bicyclic) bond motifs is 1. The van der Waals surface area contributed by atoms with Crippen molar-refractivity contribution < 1.29 is 9.53 Å². The van der Waals surface area contributed by atoms with Crippen LogP contribution in [0.5, 0.6) is 5.75 Å². The van der Waals surface area contributed by atoms with E-state index in [4.69, 9.17) is 9.72 Å². The minimum absolute atomic E-state index is 0.123. The van der Waals surface area contributed by atoms with Gasteiger partial charge in [0.25, 0.3) is 5.91 Å². The molecule has 0 fully saturated rings. The molecule has 0 aliphatic heterocycles. The van der Waals surface area contributed by atoms with Gasteiger partial charge < -0.3 is 14.2 Å². The lowest BCUT2D eigenvalue weighted by molar-refractivity contribution is 0.0774. The Morgan fingerprint density at radius 3 is 2.61 bits per heavy atom. The molecule has 4 rings (SSSR count). The number of hydrogen-bond acceptors (Lipinski definition) is 4. The fourth-order valence-corrected chi connectivity index (χ4v) is 3.59. The molecule has 2 aromatic carbocycles. The molecule has 4 aromatic rings. The van der Waals surface area contributed by atoms with Crippen LogP contribution in [0.2, 0.25) is 0 Å². The Kier molecular flexibility index (Phi) is 6.26. The van der Waals surface area contributed by atoms with E-state index in [-0.39, 0.29) is 5.91 Å². The lowest BCUT2D eigenvalue weighted by Crippen LogP contribution is -2.28. The van der Waals surface area contributed by atoms with Crippen molar-refractivity contribution >= 4 is 16.9 Å². The van der Waals surface area contributed by atoms with E-state index in [0.717, 1.165) is 41.1 Å². The molecule has 0 saturated carbocycles. The van der Waals surface area contributed by atoms with E-state index >= 15 is 0 Å². The number of ether oxygens (including phenoxy) is 1. The summed E-state index contributed by atoms with van der Waals surface area (Å²) in [5.74, 6) is 1.64. The summed E-state index contributed by atoms with van der Waals surface area (Å²) < 4.78 is 8.14. The predicted molar refractivity (Wildman–Crippen MR) is 121 cm³/mol. The first-order valence-corrected chi connectivity index (χ1v) is 10.4. The van der Waals surface area contributed by atoms with Gasteiger partial charge in [0.05, 0.1) is 24.2 Å². The van der Waals surface area contributed by atoms with Crippen LogP contribution in [0.1, 0.15) is 28.3 Å². The Bertz CT molecular complexity index is 1170. The van der Waals surface area contributed by atoms with Crippen molar-refractivity contribution in [3.63, 3.8) is 0 Å². The van der Waals surface area contributed by atoms with E-state index in [2.05, 4.69) is 15.6 Å². The SMILES string of the molecule is Cc1ccccc1OCCCn1c(CN(C)C(=O)c2ccccn2)nc2ccccc21. The normalized spacial score (nSPS) is 10.9. The van der Waals surface area contributed by atoms with Gasteiger partial charge in [0.15, 0.2) is 0 Å². The standard InChI is InChI=1S/C25H26N4O2/c1-19-10-3-6-14-23(19)31-17-9-16-29-22-13-5-4-11-20(22)27-24(29)18-28(2)25(30)21-12-7-8-15-26-21/h3-8,10-15H,9,16-18H2,1-2H3. The molecule has 2 aromatic heterocycles. The molecule has 0 aliphatic carbocycles. The number of para-hydroxylation sites is 3. The predicted octanol–water partition coefficient (Wildman–Crippen LogP) is 4.48. The van der Waals surface area contributed by atoms with Crippen LogP contribution in [0.4, 0.5) is 0 Å². The maximum atomic E-state index is 12.7. The number of carbonyl (C=O) groups is 1. The Morgan fingerprint density at radius 1 is 1.03 bits per heavy atom. The van der Waals surface area contributed by atoms with Gasteiger partial charge >= 0.3 is 0 Å². The number of amides is 1. The van der Waals surface area contributed by atoms with Gasteiger partial charge in [-0.2, -0.15) is 0 Å². The molecule has 158 valence electrons. The molecule has 6 heteroatoms. The highest BCUT2D eigenvalue weighted by atomic mass is 16.5. The zero-order valence-corrected chi connectivity index (χ0v) is 17.9. The molecule has 0 bridgehead atoms. The highest BCUT2D eigenvalue weighted by Gasteiger charge is 2.17. The van der Waals surface area contributed by atoms with Crippen LogP contribution in [0.3, 0.4) is 0 Å². The molecule has 0 aliphatic rings. The topological polar surface area (TPSA) is 60.2 Å². The van der Waals surface area contributed by atoms with Crippen LogP contribution in [-0.4, -0.2) is 39.0 Å². The van der Waals surface area contributed by atoms with Gasteiger partial charge in [-0.3, -0.25) is 9.78 Å². The van der Waals surface area contributed by atoms with Crippen LogP contribution >= 0.6 is 0 Å². The van der Waals surface area contributed by atoms with Gasteiger partial charge in [0.2, 0.25) is 0 Å². The molecule has 0 atom stereocenters. The Morgan fingerprint density at radius 2 is 1.81 bits per heavy atom. The number of aryl methyl sites for hydroxylation is 2. The number of rotatable bonds is 8. The Hall–Kier alpha value is -3.67. The van der Waals surface area contributed by atoms with E-state index in [1.165, 1.54) is 0 Å². The number of benzene rings is 2. The molecular weight excluding hydrogens is 388 g/mol. The molecule has 2 heterocycles. The smallest absolute Gasteiger partial charge is 0.272 e. The summed E-state index contributed by atoms with van der Waals surface area (Å²) in [6.45, 7) is 3.82. The number of carbonyl (C=O) groups excluding carboxylic acids is 1. The fourth-order valence-electron chi connectivity index (χ4n) is 3.59. The first-order valence-electron chi connectivity index (χ1n) is 10.4. The number of pyridine rings is 1. The third kappa shape index (κ3) is 4.74. The molecule has 1 amide bonds. The quantitative estimate of drug-likeness (QED) is 0.399. The summed E-state index contributed by atoms with van der Waals surface area (Å²) in [7, 11) is 1.78. The second-order valence-electron chi connectivity index (χ2n) is 7.51. The van der Waals surface area contributed by atoms with E-state index in [0.29, 0.717) is 18.8 Å². The van der Waals surface area contributed by atoms with Gasteiger partial charge in [-0.25, -0.2) is 4.98 Å². The van der Waals surface area contributed by atoms with Crippen molar-refractivity contribution in [1.29, 1.82) is 0 Å². The number of aromatic nitrogens is 3. The summed E-state index contributed by atoms with van der Waals surface area (Å²) >= 11 is 0. The fraction of sp³-hybridized carbons (Fsp3) is 0.240. The van der Waals surface area contributed by atoms with E-state index in [1.54, 1.807) is 30.3 Å². The summed E-state index contributed by atoms with van der Waals surface area (Å²) in [6, 6.07) is 21.4. The van der Waals surface area contributed by atoms with Crippen molar-refractivity contribution in [3.8, 4) is 5.75 Å². The highest BCUT2D eigenvalue weighted by Crippen LogP contribution is 2.19. The highest BCUT2D eigenvalue weighted by molar-refractivity contribution is 5.92. The minimum Gasteiger partial charge on any atom is -0.493 e. The third-order valence-electron chi connectivity index (χ3n) is 5.22. The van der Waals surface area contributed by atoms with Crippen LogP contribution in [0.15, 0.2) is 72.9 Å². The first kappa shape index (κ1) is 20.6. The monoisotopic (exact) mass is 414 g/mol. The first-order chi connectivity index (χ1) is 15.1. The largest absolute Gasteiger partial charge is 0.493 e. The molecule has 31 heavy (non-hydrogen) atoms. The summed E-state index contributed by atoms with van der Waals surface area (Å²) in [5.41, 5.74) is 3.55. The van der Waals surface area contributed by atoms with Crippen LogP contribution in [0, 0.1) is 6.92 Å². The lowest BCUT2D eigenvalue weighted by Gasteiger charge is -2.18. The molecule has 0 N–H and O–H groups in total. The summed E-state index contributed by atoms with van der Waals surface area (Å²) in [5, 5.41) is 0. The summed E-state index contributed by atoms with van der Waals surface area (Å²) in [4.78, 5) is 23.3. The zero-order chi connectivity index (χ0) is 21.6. The number of imidazole rings is 1. The van der Waals surface area contributed by atoms with Crippen molar-refractivity contribution in [2.24, 2.45) is 0 Å². The van der Waals surface area contributed by atoms with E-state index < -0.39 is 0 Å².